The van der Waals surface area contributed by atoms with E-state index in [0.29, 0.717) is 16.3 Å². The minimum atomic E-state index is -0.454. The molecule has 1 aromatic carbocycles. The van der Waals surface area contributed by atoms with Gasteiger partial charge in [-0.15, -0.1) is 11.3 Å². The normalized spacial score (nSPS) is 10.3. The van der Waals surface area contributed by atoms with Gasteiger partial charge in [0.2, 0.25) is 0 Å². The Morgan fingerprint density at radius 2 is 2.00 bits per heavy atom. The van der Waals surface area contributed by atoms with Crippen LogP contribution in [0.25, 0.3) is 10.4 Å². The first-order valence-corrected chi connectivity index (χ1v) is 8.49. The lowest BCUT2D eigenvalue weighted by molar-refractivity contribution is -0.143. The number of ether oxygens (including phenoxy) is 1. The molecular weight excluding hydrogens is 348 g/mol. The summed E-state index contributed by atoms with van der Waals surface area (Å²) >= 11 is 7.31. The fraction of sp³-hybridized carbons (Fsp3) is 0.235. The highest BCUT2D eigenvalue weighted by molar-refractivity contribution is 7.14. The van der Waals surface area contributed by atoms with Crippen molar-refractivity contribution in [1.82, 2.24) is 4.90 Å². The lowest BCUT2D eigenvalue weighted by Crippen LogP contribution is -2.33. The number of halogens is 1. The second-order valence-electron chi connectivity index (χ2n) is 4.96. The van der Waals surface area contributed by atoms with Crippen molar-refractivity contribution in [3.63, 3.8) is 0 Å². The van der Waals surface area contributed by atoms with Gasteiger partial charge in [-0.05, 0) is 31.3 Å². The van der Waals surface area contributed by atoms with E-state index in [2.05, 4.69) is 11.7 Å². The summed E-state index contributed by atoms with van der Waals surface area (Å²) in [5, 5.41) is 2.38. The summed E-state index contributed by atoms with van der Waals surface area (Å²) in [6.07, 6.45) is 0. The van der Waals surface area contributed by atoms with Crippen LogP contribution in [-0.2, 0) is 9.53 Å². The Morgan fingerprint density at radius 3 is 2.58 bits per heavy atom. The van der Waals surface area contributed by atoms with Crippen LogP contribution in [0.2, 0.25) is 5.02 Å². The van der Waals surface area contributed by atoms with Crippen LogP contribution in [-0.4, -0.2) is 43.7 Å². The molecule has 24 heavy (non-hydrogen) atoms. The van der Waals surface area contributed by atoms with E-state index in [1.165, 1.54) is 16.2 Å². The van der Waals surface area contributed by atoms with E-state index >= 15 is 0 Å². The molecule has 0 bridgehead atoms. The molecule has 5 nitrogen and oxygen atoms in total. The molecule has 2 aromatic rings. The molecule has 0 saturated heterocycles. The molecular formula is C17H17ClN2O3S. The van der Waals surface area contributed by atoms with Crippen LogP contribution in [0.1, 0.15) is 17.3 Å². The fourth-order valence-electron chi connectivity index (χ4n) is 2.15. The van der Waals surface area contributed by atoms with Gasteiger partial charge in [0.25, 0.3) is 5.91 Å². The van der Waals surface area contributed by atoms with Crippen molar-refractivity contribution in [3.05, 3.63) is 40.2 Å². The summed E-state index contributed by atoms with van der Waals surface area (Å²) in [4.78, 5) is 30.4. The zero-order valence-electron chi connectivity index (χ0n) is 13.4. The minimum absolute atomic E-state index is 0.126. The van der Waals surface area contributed by atoms with Gasteiger partial charge in [0.05, 0.1) is 17.9 Å². The van der Waals surface area contributed by atoms with Crippen molar-refractivity contribution in [2.75, 3.05) is 20.2 Å². The predicted octanol–water partition coefficient (Wildman–Crippen LogP) is 4.04. The zero-order valence-corrected chi connectivity index (χ0v) is 15.0. The highest BCUT2D eigenvalue weighted by atomic mass is 35.5. The molecule has 0 N–H and O–H groups in total. The Kier molecular flexibility index (Phi) is 6.11. The van der Waals surface area contributed by atoms with Crippen LogP contribution < -0.4 is 0 Å². The van der Waals surface area contributed by atoms with Gasteiger partial charge in [-0.3, -0.25) is 14.6 Å². The quantitative estimate of drug-likeness (QED) is 0.574. The molecule has 0 aliphatic rings. The molecule has 0 atom stereocenters. The lowest BCUT2D eigenvalue weighted by Gasteiger charge is -2.17. The Morgan fingerprint density at radius 1 is 1.33 bits per heavy atom. The molecule has 1 amide bonds. The Labute approximate surface area is 149 Å². The molecule has 1 aromatic heterocycles. The largest absolute Gasteiger partial charge is 0.465 e. The van der Waals surface area contributed by atoms with E-state index in [-0.39, 0.29) is 19.1 Å². The Bertz CT molecular complexity index is 756. The first-order chi connectivity index (χ1) is 11.5. The molecule has 0 unspecified atom stereocenters. The molecule has 0 aliphatic heterocycles. The van der Waals surface area contributed by atoms with Gasteiger partial charge in [-0.1, -0.05) is 23.7 Å². The minimum Gasteiger partial charge on any atom is -0.465 e. The van der Waals surface area contributed by atoms with E-state index in [4.69, 9.17) is 16.3 Å². The van der Waals surface area contributed by atoms with E-state index < -0.39 is 5.97 Å². The maximum absolute atomic E-state index is 12.8. The molecule has 1 heterocycles. The number of thiophene rings is 1. The van der Waals surface area contributed by atoms with Crippen molar-refractivity contribution < 1.29 is 14.3 Å². The van der Waals surface area contributed by atoms with Crippen molar-refractivity contribution in [2.45, 2.75) is 6.92 Å². The number of carbonyl (C=O) groups excluding carboxylic acids is 2. The standard InChI is InChI=1S/C17H17ClN2O3S/c1-4-23-14(21)9-20(3)17(22)15-13(19-2)10-24-16(15)11-5-7-12(18)8-6-11/h5-8,10H,2,4,9H2,1,3H3. The average Bonchev–Trinajstić information content (AvgIpc) is 2.98. The fourth-order valence-corrected chi connectivity index (χ4v) is 3.28. The van der Waals surface area contributed by atoms with Crippen molar-refractivity contribution in [1.29, 1.82) is 0 Å². The third kappa shape index (κ3) is 4.01. The molecule has 0 aliphatic carbocycles. The van der Waals surface area contributed by atoms with Crippen LogP contribution in [0.4, 0.5) is 5.69 Å². The predicted molar refractivity (Wildman–Crippen MR) is 97.6 cm³/mol. The summed E-state index contributed by atoms with van der Waals surface area (Å²) < 4.78 is 4.88. The van der Waals surface area contributed by atoms with E-state index in [1.54, 1.807) is 31.5 Å². The van der Waals surface area contributed by atoms with Crippen molar-refractivity contribution in [3.8, 4) is 10.4 Å². The summed E-state index contributed by atoms with van der Waals surface area (Å²) in [5.74, 6) is -0.763. The summed E-state index contributed by atoms with van der Waals surface area (Å²) in [5.41, 5.74) is 1.77. The van der Waals surface area contributed by atoms with Gasteiger partial charge >= 0.3 is 5.97 Å². The zero-order chi connectivity index (χ0) is 17.7. The maximum Gasteiger partial charge on any atom is 0.325 e. The van der Waals surface area contributed by atoms with Gasteiger partial charge in [-0.25, -0.2) is 0 Å². The number of aliphatic imine (C=N–C) groups is 1. The maximum atomic E-state index is 12.8. The number of amides is 1. The topological polar surface area (TPSA) is 59.0 Å². The molecule has 0 radical (unpaired) electrons. The first-order valence-electron chi connectivity index (χ1n) is 7.23. The van der Waals surface area contributed by atoms with E-state index in [1.807, 2.05) is 12.1 Å². The van der Waals surface area contributed by atoms with E-state index in [0.717, 1.165) is 10.4 Å². The van der Waals surface area contributed by atoms with Gasteiger partial charge in [-0.2, -0.15) is 0 Å². The van der Waals surface area contributed by atoms with Gasteiger partial charge < -0.3 is 9.64 Å². The molecule has 0 fully saturated rings. The van der Waals surface area contributed by atoms with Crippen LogP contribution in [0.5, 0.6) is 0 Å². The van der Waals surface area contributed by atoms with Crippen LogP contribution >= 0.6 is 22.9 Å². The van der Waals surface area contributed by atoms with Crippen molar-refractivity contribution in [2.24, 2.45) is 4.99 Å². The number of esters is 1. The third-order valence-corrected chi connectivity index (χ3v) is 4.55. The van der Waals surface area contributed by atoms with E-state index in [9.17, 15) is 9.59 Å². The molecule has 7 heteroatoms. The molecule has 0 saturated carbocycles. The summed E-state index contributed by atoms with van der Waals surface area (Å²) in [6, 6.07) is 7.19. The second-order valence-corrected chi connectivity index (χ2v) is 6.27. The molecule has 2 rings (SSSR count). The second kappa shape index (κ2) is 8.08. The number of benzene rings is 1. The number of likely N-dealkylation sites (N-methyl/N-ethyl adjacent to an activating group) is 1. The number of nitrogens with zero attached hydrogens (tertiary/aromatic N) is 2. The number of carbonyl (C=O) groups is 2. The van der Waals surface area contributed by atoms with Gasteiger partial charge in [0.1, 0.15) is 6.54 Å². The van der Waals surface area contributed by atoms with Crippen molar-refractivity contribution >= 4 is 47.2 Å². The Hall–Kier alpha value is -2.18. The average molecular weight is 365 g/mol. The number of rotatable bonds is 6. The first kappa shape index (κ1) is 18.2. The lowest BCUT2D eigenvalue weighted by atomic mass is 10.1. The van der Waals surface area contributed by atoms with Gasteiger partial charge in [0.15, 0.2) is 0 Å². The van der Waals surface area contributed by atoms with Gasteiger partial charge in [0, 0.05) is 22.3 Å². The molecule has 0 spiro atoms. The van der Waals surface area contributed by atoms with Crippen LogP contribution in [0.15, 0.2) is 34.6 Å². The monoisotopic (exact) mass is 364 g/mol. The molecule has 126 valence electrons. The summed E-state index contributed by atoms with van der Waals surface area (Å²) in [7, 11) is 1.55. The number of hydrogen-bond donors (Lipinski definition) is 0. The smallest absolute Gasteiger partial charge is 0.325 e. The van der Waals surface area contributed by atoms with Crippen LogP contribution in [0.3, 0.4) is 0 Å². The third-order valence-electron chi connectivity index (χ3n) is 3.28. The highest BCUT2D eigenvalue weighted by Gasteiger charge is 2.24. The Balaban J connectivity index is 2.36. The van der Waals surface area contributed by atoms with Crippen LogP contribution in [0, 0.1) is 0 Å². The SMILES string of the molecule is C=Nc1csc(-c2ccc(Cl)cc2)c1C(=O)N(C)CC(=O)OCC. The summed E-state index contributed by atoms with van der Waals surface area (Å²) in [6.45, 7) is 5.38. The highest BCUT2D eigenvalue weighted by Crippen LogP contribution is 2.38. The number of hydrogen-bond acceptors (Lipinski definition) is 5.